The second-order valence-electron chi connectivity index (χ2n) is 3.69. The molecule has 8 heteroatoms. The van der Waals surface area contributed by atoms with Gasteiger partial charge in [0, 0.05) is 6.20 Å². The van der Waals surface area contributed by atoms with E-state index in [1.54, 1.807) is 0 Å². The van der Waals surface area contributed by atoms with E-state index in [-0.39, 0.29) is 5.69 Å². The number of phenols is 1. The molecule has 0 unspecified atom stereocenters. The Labute approximate surface area is 104 Å². The number of pyridine rings is 1. The highest BCUT2D eigenvalue weighted by molar-refractivity contribution is 5.56. The second kappa shape index (κ2) is 4.65. The van der Waals surface area contributed by atoms with E-state index in [2.05, 4.69) is 11.2 Å². The summed E-state index contributed by atoms with van der Waals surface area (Å²) in [5, 5.41) is 9.37. The summed E-state index contributed by atoms with van der Waals surface area (Å²) in [6.07, 6.45) is 1.03. The topological polar surface area (TPSA) is 81.9 Å². The highest BCUT2D eigenvalue weighted by atomic mass is 19.2. The molecule has 0 radical (unpaired) electrons. The normalized spacial score (nSPS) is 10.5. The second-order valence-corrected chi connectivity index (χ2v) is 3.69. The number of nitrogens with zero attached hydrogens (tertiary/aromatic N) is 1. The fourth-order valence-corrected chi connectivity index (χ4v) is 1.40. The van der Waals surface area contributed by atoms with Gasteiger partial charge in [0.15, 0.2) is 17.4 Å². The molecule has 0 saturated heterocycles. The predicted molar refractivity (Wildman–Crippen MR) is 60.3 cm³/mol. The van der Waals surface area contributed by atoms with Gasteiger partial charge in [0.05, 0.1) is 5.69 Å². The van der Waals surface area contributed by atoms with Crippen molar-refractivity contribution in [2.75, 3.05) is 5.43 Å². The Balaban J connectivity index is 2.46. The summed E-state index contributed by atoms with van der Waals surface area (Å²) in [5.74, 6) is -4.46. The van der Waals surface area contributed by atoms with Gasteiger partial charge in [-0.05, 0) is 18.2 Å². The number of benzene rings is 1. The molecule has 0 bridgehead atoms. The number of halogens is 3. The molecule has 0 aliphatic rings. The van der Waals surface area contributed by atoms with E-state index in [0.717, 1.165) is 29.1 Å². The lowest BCUT2D eigenvalue weighted by atomic mass is 10.3. The first-order valence-electron chi connectivity index (χ1n) is 5.09. The summed E-state index contributed by atoms with van der Waals surface area (Å²) in [4.78, 5) is 11.6. The predicted octanol–water partition coefficient (Wildman–Crippen LogP) is 0.720. The Bertz CT molecular complexity index is 700. The Morgan fingerprint density at radius 2 is 1.84 bits per heavy atom. The quantitative estimate of drug-likeness (QED) is 0.704. The number of quaternary nitrogens is 1. The van der Waals surface area contributed by atoms with E-state index in [0.29, 0.717) is 0 Å². The van der Waals surface area contributed by atoms with Crippen LogP contribution in [0.25, 0.3) is 0 Å². The van der Waals surface area contributed by atoms with Crippen LogP contribution < -0.4 is 16.7 Å². The smallest absolute Gasteiger partial charge is 0.333 e. The zero-order valence-corrected chi connectivity index (χ0v) is 9.45. The number of nitrogens with one attached hydrogen (secondary N) is 1. The van der Waals surface area contributed by atoms with Crippen molar-refractivity contribution in [3.8, 4) is 5.75 Å². The first-order valence-corrected chi connectivity index (χ1v) is 5.09. The standard InChI is InChI=1S/C11H8F3N3O2/c12-5-1-2-7(10(18)8(5)14)16-17-4-3-6(13)9(15)11(17)19/h1-4,16,18H,15H2/p+1. The Morgan fingerprint density at radius 1 is 1.16 bits per heavy atom. The minimum absolute atomic E-state index is 0.244. The van der Waals surface area contributed by atoms with Crippen LogP contribution in [0.1, 0.15) is 0 Å². The van der Waals surface area contributed by atoms with Crippen LogP contribution in [0.4, 0.5) is 24.5 Å². The molecule has 0 aliphatic heterocycles. The van der Waals surface area contributed by atoms with Crippen molar-refractivity contribution in [1.82, 2.24) is 4.68 Å². The van der Waals surface area contributed by atoms with Gasteiger partial charge >= 0.3 is 5.56 Å². The van der Waals surface area contributed by atoms with Gasteiger partial charge in [0.2, 0.25) is 11.5 Å². The van der Waals surface area contributed by atoms with Crippen LogP contribution in [0, 0.1) is 17.5 Å². The van der Waals surface area contributed by atoms with E-state index < -0.39 is 34.4 Å². The SMILES string of the molecule is [NH3+]c1c(F)ccn(Nc2ccc(F)c(F)c2O)c1=O. The van der Waals surface area contributed by atoms with Gasteiger partial charge in [0.1, 0.15) is 0 Å². The molecular formula is C11H9F3N3O2+. The number of aromatic hydroxyl groups is 1. The lowest BCUT2D eigenvalue weighted by Crippen LogP contribution is -2.49. The average Bonchev–Trinajstić information content (AvgIpc) is 2.39. The van der Waals surface area contributed by atoms with Crippen molar-refractivity contribution in [2.24, 2.45) is 0 Å². The van der Waals surface area contributed by atoms with Crippen LogP contribution in [0.3, 0.4) is 0 Å². The first-order chi connectivity index (χ1) is 8.91. The van der Waals surface area contributed by atoms with Gasteiger partial charge in [-0.2, -0.15) is 4.39 Å². The zero-order valence-electron chi connectivity index (χ0n) is 9.45. The number of phenolic OH excluding ortho intramolecular Hbond substituents is 1. The van der Waals surface area contributed by atoms with Crippen LogP contribution in [-0.2, 0) is 0 Å². The molecule has 0 aliphatic carbocycles. The summed E-state index contributed by atoms with van der Waals surface area (Å²) in [5.41, 5.74) is 4.10. The van der Waals surface area contributed by atoms with Gasteiger partial charge in [-0.25, -0.2) is 13.5 Å². The van der Waals surface area contributed by atoms with Crippen LogP contribution >= 0.6 is 0 Å². The van der Waals surface area contributed by atoms with Gasteiger partial charge < -0.3 is 10.8 Å². The van der Waals surface area contributed by atoms with Crippen molar-refractivity contribution < 1.29 is 24.0 Å². The minimum Gasteiger partial charge on any atom is -0.503 e. The Kier molecular flexibility index (Phi) is 3.17. The van der Waals surface area contributed by atoms with Crippen molar-refractivity contribution in [3.05, 3.63) is 52.2 Å². The lowest BCUT2D eigenvalue weighted by Gasteiger charge is -2.11. The van der Waals surface area contributed by atoms with E-state index in [9.17, 15) is 23.1 Å². The third-order valence-electron chi connectivity index (χ3n) is 2.45. The highest BCUT2D eigenvalue weighted by Crippen LogP contribution is 2.27. The summed E-state index contributed by atoms with van der Waals surface area (Å²) >= 11 is 0. The zero-order chi connectivity index (χ0) is 14.2. The van der Waals surface area contributed by atoms with E-state index >= 15 is 0 Å². The maximum Gasteiger partial charge on any atom is 0.333 e. The Morgan fingerprint density at radius 3 is 2.53 bits per heavy atom. The number of hydrogen-bond acceptors (Lipinski definition) is 3. The van der Waals surface area contributed by atoms with Crippen LogP contribution in [0.2, 0.25) is 0 Å². The highest BCUT2D eigenvalue weighted by Gasteiger charge is 2.14. The number of hydrogen-bond donors (Lipinski definition) is 3. The van der Waals surface area contributed by atoms with Gasteiger partial charge in [-0.1, -0.05) is 0 Å². The molecule has 0 atom stereocenters. The van der Waals surface area contributed by atoms with E-state index in [1.165, 1.54) is 0 Å². The molecular weight excluding hydrogens is 263 g/mol. The molecule has 2 aromatic rings. The van der Waals surface area contributed by atoms with Crippen LogP contribution in [0.5, 0.6) is 5.75 Å². The van der Waals surface area contributed by atoms with Gasteiger partial charge in [-0.15, -0.1) is 0 Å². The molecule has 0 saturated carbocycles. The third-order valence-corrected chi connectivity index (χ3v) is 2.45. The number of rotatable bonds is 2. The molecule has 0 fully saturated rings. The van der Waals surface area contributed by atoms with Crippen LogP contribution in [-0.4, -0.2) is 9.78 Å². The molecule has 5 N–H and O–H groups in total. The molecule has 19 heavy (non-hydrogen) atoms. The fraction of sp³-hybridized carbons (Fsp3) is 0. The molecule has 0 amide bonds. The van der Waals surface area contributed by atoms with Crippen LogP contribution in [0.15, 0.2) is 29.2 Å². The van der Waals surface area contributed by atoms with E-state index in [4.69, 9.17) is 0 Å². The van der Waals surface area contributed by atoms with Crippen molar-refractivity contribution in [3.63, 3.8) is 0 Å². The average molecular weight is 272 g/mol. The molecule has 1 aromatic heterocycles. The van der Waals surface area contributed by atoms with Gasteiger partial charge in [-0.3, -0.25) is 10.2 Å². The summed E-state index contributed by atoms with van der Waals surface area (Å²) < 4.78 is 39.7. The minimum atomic E-state index is -1.45. The van der Waals surface area contributed by atoms with E-state index in [1.807, 2.05) is 0 Å². The Hall–Kier alpha value is -2.48. The van der Waals surface area contributed by atoms with Crippen molar-refractivity contribution >= 4 is 11.4 Å². The maximum atomic E-state index is 13.1. The van der Waals surface area contributed by atoms with Gasteiger partial charge in [0.25, 0.3) is 0 Å². The molecule has 0 spiro atoms. The number of aromatic nitrogens is 1. The molecule has 5 nitrogen and oxygen atoms in total. The lowest BCUT2D eigenvalue weighted by molar-refractivity contribution is -0.260. The molecule has 1 heterocycles. The summed E-state index contributed by atoms with van der Waals surface area (Å²) in [6, 6.07) is 2.77. The molecule has 1 aromatic carbocycles. The van der Waals surface area contributed by atoms with Crippen molar-refractivity contribution in [2.45, 2.75) is 0 Å². The molecule has 100 valence electrons. The third kappa shape index (κ3) is 2.25. The van der Waals surface area contributed by atoms with Crippen molar-refractivity contribution in [1.29, 1.82) is 0 Å². The summed E-state index contributed by atoms with van der Waals surface area (Å²) in [7, 11) is 0. The monoisotopic (exact) mass is 272 g/mol. The summed E-state index contributed by atoms with van der Waals surface area (Å²) in [6.45, 7) is 0. The maximum absolute atomic E-state index is 13.1. The number of anilines is 1. The largest absolute Gasteiger partial charge is 0.503 e. The fourth-order valence-electron chi connectivity index (χ4n) is 1.40. The molecule has 2 rings (SSSR count). The first kappa shape index (κ1) is 13.0.